The molecule has 2 aromatic carbocycles. The molecule has 0 aromatic heterocycles. The molecule has 84 valence electrons. The van der Waals surface area contributed by atoms with Crippen LogP contribution in [0.4, 0.5) is 0 Å². The van der Waals surface area contributed by atoms with Crippen molar-refractivity contribution in [3.05, 3.63) is 59.2 Å². The molecule has 2 aromatic rings. The molecule has 0 unspecified atom stereocenters. The molecule has 1 aliphatic heterocycles. The van der Waals surface area contributed by atoms with Crippen LogP contribution in [0, 0.1) is 0 Å². The molecule has 0 radical (unpaired) electrons. The average molecular weight is 221 g/mol. The Morgan fingerprint density at radius 3 is 2.53 bits per heavy atom. The molecular formula is C16H15N. The summed E-state index contributed by atoms with van der Waals surface area (Å²) in [4.78, 5) is 0. The van der Waals surface area contributed by atoms with Crippen LogP contribution in [0.1, 0.15) is 22.6 Å². The monoisotopic (exact) mass is 221 g/mol. The van der Waals surface area contributed by atoms with E-state index in [0.717, 1.165) is 25.4 Å². The second-order valence-electron chi connectivity index (χ2n) is 5.11. The van der Waals surface area contributed by atoms with E-state index >= 15 is 0 Å². The first-order valence-corrected chi connectivity index (χ1v) is 6.33. The smallest absolute Gasteiger partial charge is 0.00886 e. The van der Waals surface area contributed by atoms with Crippen LogP contribution in [-0.2, 0) is 6.42 Å². The molecule has 1 heterocycles. The molecule has 1 nitrogen and oxygen atoms in total. The Labute approximate surface area is 101 Å². The number of hydrogen-bond donors (Lipinski definition) is 1. The average Bonchev–Trinajstić information content (AvgIpc) is 2.64. The zero-order chi connectivity index (χ0) is 11.2. The van der Waals surface area contributed by atoms with Crippen molar-refractivity contribution in [1.29, 1.82) is 0 Å². The highest BCUT2D eigenvalue weighted by Gasteiger charge is 2.22. The van der Waals surface area contributed by atoms with Gasteiger partial charge in [0.15, 0.2) is 0 Å². The van der Waals surface area contributed by atoms with Gasteiger partial charge in [-0.25, -0.2) is 0 Å². The van der Waals surface area contributed by atoms with Crippen LogP contribution in [0.3, 0.4) is 0 Å². The molecule has 1 saturated heterocycles. The highest BCUT2D eigenvalue weighted by Crippen LogP contribution is 2.37. The first-order valence-electron chi connectivity index (χ1n) is 6.33. The van der Waals surface area contributed by atoms with E-state index in [4.69, 9.17) is 0 Å². The summed E-state index contributed by atoms with van der Waals surface area (Å²) >= 11 is 0. The lowest BCUT2D eigenvalue weighted by atomic mass is 9.91. The summed E-state index contributed by atoms with van der Waals surface area (Å²) < 4.78 is 0. The van der Waals surface area contributed by atoms with Crippen molar-refractivity contribution < 1.29 is 0 Å². The largest absolute Gasteiger partial charge is 0.315 e. The lowest BCUT2D eigenvalue weighted by molar-refractivity contribution is 0.448. The summed E-state index contributed by atoms with van der Waals surface area (Å²) in [5.74, 6) is 0.740. The normalized spacial score (nSPS) is 17.4. The third kappa shape index (κ3) is 1.36. The minimum absolute atomic E-state index is 0.740. The van der Waals surface area contributed by atoms with Gasteiger partial charge in [-0.1, -0.05) is 42.5 Å². The summed E-state index contributed by atoms with van der Waals surface area (Å²) in [5, 5.41) is 3.34. The first-order chi connectivity index (χ1) is 8.42. The summed E-state index contributed by atoms with van der Waals surface area (Å²) in [6.07, 6.45) is 1.11. The summed E-state index contributed by atoms with van der Waals surface area (Å²) in [6.45, 7) is 2.29. The van der Waals surface area contributed by atoms with E-state index in [1.807, 2.05) is 0 Å². The van der Waals surface area contributed by atoms with Gasteiger partial charge in [-0.2, -0.15) is 0 Å². The maximum atomic E-state index is 3.34. The molecule has 1 heteroatoms. The van der Waals surface area contributed by atoms with Crippen LogP contribution in [0.2, 0.25) is 0 Å². The number of benzene rings is 2. The van der Waals surface area contributed by atoms with Crippen molar-refractivity contribution in [2.24, 2.45) is 0 Å². The number of nitrogens with one attached hydrogen (secondary N) is 1. The van der Waals surface area contributed by atoms with Crippen molar-refractivity contribution in [3.63, 3.8) is 0 Å². The Hall–Kier alpha value is -1.60. The molecule has 17 heavy (non-hydrogen) atoms. The van der Waals surface area contributed by atoms with E-state index in [1.165, 1.54) is 27.8 Å². The van der Waals surface area contributed by atoms with Crippen molar-refractivity contribution in [1.82, 2.24) is 5.32 Å². The predicted octanol–water partition coefficient (Wildman–Crippen LogP) is 2.94. The van der Waals surface area contributed by atoms with Crippen molar-refractivity contribution in [2.45, 2.75) is 12.3 Å². The van der Waals surface area contributed by atoms with Gasteiger partial charge in [0.25, 0.3) is 0 Å². The van der Waals surface area contributed by atoms with Crippen LogP contribution in [0.15, 0.2) is 42.5 Å². The summed E-state index contributed by atoms with van der Waals surface area (Å²) in [7, 11) is 0. The van der Waals surface area contributed by atoms with Gasteiger partial charge in [-0.15, -0.1) is 0 Å². The lowest BCUT2D eigenvalue weighted by Gasteiger charge is -2.27. The maximum absolute atomic E-state index is 3.34. The topological polar surface area (TPSA) is 12.0 Å². The molecule has 1 fully saturated rings. The van der Waals surface area contributed by atoms with Gasteiger partial charge >= 0.3 is 0 Å². The highest BCUT2D eigenvalue weighted by atomic mass is 14.9. The second-order valence-corrected chi connectivity index (χ2v) is 5.11. The minimum atomic E-state index is 0.740. The maximum Gasteiger partial charge on any atom is 0.00886 e. The molecular weight excluding hydrogens is 206 g/mol. The van der Waals surface area contributed by atoms with Gasteiger partial charge in [0, 0.05) is 19.0 Å². The van der Waals surface area contributed by atoms with Gasteiger partial charge in [0.2, 0.25) is 0 Å². The van der Waals surface area contributed by atoms with E-state index in [2.05, 4.69) is 47.8 Å². The van der Waals surface area contributed by atoms with E-state index in [0.29, 0.717) is 0 Å². The fourth-order valence-corrected chi connectivity index (χ4v) is 2.94. The molecule has 2 aliphatic rings. The molecule has 4 rings (SSSR count). The van der Waals surface area contributed by atoms with Gasteiger partial charge in [-0.05, 0) is 34.2 Å². The molecule has 0 amide bonds. The van der Waals surface area contributed by atoms with Gasteiger partial charge in [0.05, 0.1) is 0 Å². The Morgan fingerprint density at radius 2 is 1.71 bits per heavy atom. The standard InChI is InChI=1S/C16H15N/c1-2-4-15-12(3-1)8-13-7-11(5-6-16(13)15)14-9-17-10-14/h1-7,14,17H,8-10H2. The van der Waals surface area contributed by atoms with Gasteiger partial charge in [-0.3, -0.25) is 0 Å². The Morgan fingerprint density at radius 1 is 0.882 bits per heavy atom. The molecule has 0 bridgehead atoms. The Kier molecular flexibility index (Phi) is 1.91. The molecule has 0 saturated carbocycles. The Balaban J connectivity index is 1.80. The van der Waals surface area contributed by atoms with E-state index in [-0.39, 0.29) is 0 Å². The molecule has 0 atom stereocenters. The quantitative estimate of drug-likeness (QED) is 0.666. The summed E-state index contributed by atoms with van der Waals surface area (Å²) in [6, 6.07) is 15.8. The number of rotatable bonds is 1. The number of fused-ring (bicyclic) bond motifs is 3. The molecule has 1 N–H and O–H groups in total. The predicted molar refractivity (Wildman–Crippen MR) is 70.3 cm³/mol. The fraction of sp³-hybridized carbons (Fsp3) is 0.250. The Bertz CT molecular complexity index is 582. The molecule has 0 spiro atoms. The SMILES string of the molecule is c1ccc2c(c1)Cc1cc(C3CNC3)ccc1-2. The van der Waals surface area contributed by atoms with Crippen LogP contribution >= 0.6 is 0 Å². The third-order valence-electron chi connectivity index (χ3n) is 4.07. The van der Waals surface area contributed by atoms with Crippen LogP contribution in [0.25, 0.3) is 11.1 Å². The van der Waals surface area contributed by atoms with Crippen molar-refractivity contribution >= 4 is 0 Å². The van der Waals surface area contributed by atoms with Crippen molar-refractivity contribution in [2.75, 3.05) is 13.1 Å². The van der Waals surface area contributed by atoms with E-state index in [9.17, 15) is 0 Å². The van der Waals surface area contributed by atoms with Crippen LogP contribution < -0.4 is 5.32 Å². The second kappa shape index (κ2) is 3.44. The van der Waals surface area contributed by atoms with Crippen LogP contribution in [0.5, 0.6) is 0 Å². The highest BCUT2D eigenvalue weighted by molar-refractivity contribution is 5.77. The fourth-order valence-electron chi connectivity index (χ4n) is 2.94. The first kappa shape index (κ1) is 9.43. The molecule has 1 aliphatic carbocycles. The van der Waals surface area contributed by atoms with E-state index in [1.54, 1.807) is 0 Å². The zero-order valence-corrected chi connectivity index (χ0v) is 9.74. The minimum Gasteiger partial charge on any atom is -0.315 e. The van der Waals surface area contributed by atoms with Gasteiger partial charge in [0.1, 0.15) is 0 Å². The number of hydrogen-bond acceptors (Lipinski definition) is 1. The van der Waals surface area contributed by atoms with Crippen molar-refractivity contribution in [3.8, 4) is 11.1 Å². The summed E-state index contributed by atoms with van der Waals surface area (Å²) in [5.41, 5.74) is 7.37. The lowest BCUT2D eigenvalue weighted by Crippen LogP contribution is -2.39. The van der Waals surface area contributed by atoms with E-state index < -0.39 is 0 Å². The van der Waals surface area contributed by atoms with Crippen LogP contribution in [-0.4, -0.2) is 13.1 Å². The third-order valence-corrected chi connectivity index (χ3v) is 4.07. The zero-order valence-electron chi connectivity index (χ0n) is 9.74. The van der Waals surface area contributed by atoms with Gasteiger partial charge < -0.3 is 5.32 Å².